The number of para-hydroxylation sites is 2. The first kappa shape index (κ1) is 12.3. The van der Waals surface area contributed by atoms with Gasteiger partial charge >= 0.3 is 0 Å². The van der Waals surface area contributed by atoms with E-state index >= 15 is 0 Å². The number of aromatic amines is 1. The minimum atomic E-state index is -0.300. The van der Waals surface area contributed by atoms with Gasteiger partial charge in [0.1, 0.15) is 12.1 Å². The summed E-state index contributed by atoms with van der Waals surface area (Å²) in [7, 11) is 0. The molecular formula is C15H12ClN3O2. The highest BCUT2D eigenvalue weighted by Crippen LogP contribution is 2.36. The van der Waals surface area contributed by atoms with Crippen LogP contribution in [0.25, 0.3) is 11.0 Å². The number of H-pyrrole nitrogens is 1. The first-order chi connectivity index (χ1) is 10.2. The molecule has 106 valence electrons. The van der Waals surface area contributed by atoms with E-state index in [1.165, 1.54) is 0 Å². The van der Waals surface area contributed by atoms with Crippen LogP contribution in [0.1, 0.15) is 11.9 Å². The van der Waals surface area contributed by atoms with Crippen LogP contribution >= 0.6 is 11.6 Å². The van der Waals surface area contributed by atoms with Crippen LogP contribution in [0.5, 0.6) is 11.5 Å². The predicted octanol–water partition coefficient (Wildman–Crippen LogP) is 3.31. The van der Waals surface area contributed by atoms with Crippen molar-refractivity contribution in [1.82, 2.24) is 9.97 Å². The Kier molecular flexibility index (Phi) is 2.68. The molecule has 1 aromatic heterocycles. The van der Waals surface area contributed by atoms with Crippen molar-refractivity contribution in [2.24, 2.45) is 0 Å². The second-order valence-corrected chi connectivity index (χ2v) is 5.31. The number of fused-ring (bicyclic) bond motifs is 2. The van der Waals surface area contributed by atoms with Gasteiger partial charge in [0, 0.05) is 5.02 Å². The average Bonchev–Trinajstić information content (AvgIpc) is 2.91. The number of nitrogens with zero attached hydrogens (tertiary/aromatic N) is 1. The molecule has 0 saturated heterocycles. The predicted molar refractivity (Wildman–Crippen MR) is 80.8 cm³/mol. The van der Waals surface area contributed by atoms with E-state index in [0.717, 1.165) is 11.3 Å². The molecule has 1 atom stereocenters. The Balaban J connectivity index is 1.73. The largest absolute Gasteiger partial charge is 0.485 e. The highest BCUT2D eigenvalue weighted by Gasteiger charge is 2.25. The van der Waals surface area contributed by atoms with Gasteiger partial charge in [-0.1, -0.05) is 23.7 Å². The fourth-order valence-corrected chi connectivity index (χ4v) is 2.66. The summed E-state index contributed by atoms with van der Waals surface area (Å²) in [6.07, 6.45) is -0.300. The summed E-state index contributed by atoms with van der Waals surface area (Å²) in [4.78, 5) is 7.70. The lowest BCUT2D eigenvalue weighted by Gasteiger charge is -2.24. The number of benzene rings is 2. The van der Waals surface area contributed by atoms with Crippen LogP contribution in [-0.4, -0.2) is 16.6 Å². The van der Waals surface area contributed by atoms with Crippen LogP contribution in [0.4, 0.5) is 5.69 Å². The number of aromatic nitrogens is 2. The number of hydrogen-bond donors (Lipinski definition) is 2. The van der Waals surface area contributed by atoms with Crippen molar-refractivity contribution < 1.29 is 9.47 Å². The van der Waals surface area contributed by atoms with Crippen LogP contribution < -0.4 is 15.2 Å². The van der Waals surface area contributed by atoms with Gasteiger partial charge in [-0.2, -0.15) is 0 Å². The maximum Gasteiger partial charge on any atom is 0.190 e. The van der Waals surface area contributed by atoms with E-state index in [1.54, 1.807) is 12.1 Å². The van der Waals surface area contributed by atoms with Crippen molar-refractivity contribution >= 4 is 28.3 Å². The lowest BCUT2D eigenvalue weighted by molar-refractivity contribution is 0.0859. The molecule has 2 aromatic carbocycles. The summed E-state index contributed by atoms with van der Waals surface area (Å²) >= 11 is 6.00. The molecule has 0 spiro atoms. The van der Waals surface area contributed by atoms with Crippen molar-refractivity contribution in [3.8, 4) is 11.5 Å². The summed E-state index contributed by atoms with van der Waals surface area (Å²) in [5.41, 5.74) is 7.96. The number of rotatable bonds is 1. The van der Waals surface area contributed by atoms with Gasteiger partial charge in [0.2, 0.25) is 0 Å². The number of halogens is 1. The third kappa shape index (κ3) is 2.06. The fraction of sp³-hybridized carbons (Fsp3) is 0.133. The van der Waals surface area contributed by atoms with Gasteiger partial charge in [-0.15, -0.1) is 0 Å². The zero-order valence-corrected chi connectivity index (χ0v) is 11.7. The quantitative estimate of drug-likeness (QED) is 0.676. The van der Waals surface area contributed by atoms with E-state index in [0.29, 0.717) is 34.4 Å². The van der Waals surface area contributed by atoms with Crippen LogP contribution in [0.3, 0.4) is 0 Å². The van der Waals surface area contributed by atoms with Gasteiger partial charge in [-0.3, -0.25) is 0 Å². The molecule has 1 aliphatic rings. The molecule has 0 saturated carbocycles. The van der Waals surface area contributed by atoms with Gasteiger partial charge in [-0.05, 0) is 24.3 Å². The molecule has 1 unspecified atom stereocenters. The van der Waals surface area contributed by atoms with Crippen molar-refractivity contribution in [2.75, 3.05) is 12.3 Å². The Hall–Kier alpha value is -2.40. The summed E-state index contributed by atoms with van der Waals surface area (Å²) in [5, 5.41) is 0.571. The summed E-state index contributed by atoms with van der Waals surface area (Å²) < 4.78 is 11.6. The van der Waals surface area contributed by atoms with Gasteiger partial charge < -0.3 is 20.2 Å². The molecule has 0 amide bonds. The normalized spacial score (nSPS) is 17.1. The summed E-state index contributed by atoms with van der Waals surface area (Å²) in [6.45, 7) is 0.393. The molecule has 21 heavy (non-hydrogen) atoms. The summed E-state index contributed by atoms with van der Waals surface area (Å²) in [5.74, 6) is 2.13. The zero-order valence-electron chi connectivity index (χ0n) is 11.0. The number of anilines is 1. The molecule has 6 heteroatoms. The van der Waals surface area contributed by atoms with Gasteiger partial charge in [0.05, 0.1) is 11.2 Å². The highest BCUT2D eigenvalue weighted by molar-refractivity contribution is 6.31. The van der Waals surface area contributed by atoms with E-state index < -0.39 is 0 Å². The lowest BCUT2D eigenvalue weighted by Crippen LogP contribution is -2.22. The molecule has 0 radical (unpaired) electrons. The Morgan fingerprint density at radius 2 is 2.05 bits per heavy atom. The minimum absolute atomic E-state index is 0.300. The smallest absolute Gasteiger partial charge is 0.190 e. The number of ether oxygens (including phenoxy) is 2. The molecule has 0 aliphatic carbocycles. The maximum absolute atomic E-state index is 6.00. The van der Waals surface area contributed by atoms with Gasteiger partial charge in [0.25, 0.3) is 0 Å². The Morgan fingerprint density at radius 1 is 1.24 bits per heavy atom. The molecule has 0 fully saturated rings. The SMILES string of the molecule is Nc1cc(Cl)cc2[nH]c(C3COc4ccccc4O3)nc12. The number of nitrogens with two attached hydrogens (primary N) is 1. The number of imidazole rings is 1. The van der Waals surface area contributed by atoms with E-state index in [-0.39, 0.29) is 6.10 Å². The average molecular weight is 302 g/mol. The first-order valence-corrected chi connectivity index (χ1v) is 6.91. The second-order valence-electron chi connectivity index (χ2n) is 4.88. The molecular weight excluding hydrogens is 290 g/mol. The third-order valence-corrected chi connectivity index (χ3v) is 3.63. The van der Waals surface area contributed by atoms with E-state index in [9.17, 15) is 0 Å². The van der Waals surface area contributed by atoms with Crippen LogP contribution in [0.15, 0.2) is 36.4 Å². The standard InChI is InChI=1S/C15H12ClN3O2/c16-8-5-9(17)14-10(6-8)18-15(19-14)13-7-20-11-3-1-2-4-12(11)21-13/h1-6,13H,7,17H2,(H,18,19). The van der Waals surface area contributed by atoms with Crippen molar-refractivity contribution in [1.29, 1.82) is 0 Å². The Labute approximate surface area is 125 Å². The Bertz CT molecular complexity index is 831. The highest BCUT2D eigenvalue weighted by atomic mass is 35.5. The minimum Gasteiger partial charge on any atom is -0.485 e. The number of hydrogen-bond acceptors (Lipinski definition) is 4. The van der Waals surface area contributed by atoms with Gasteiger partial charge in [0.15, 0.2) is 23.4 Å². The van der Waals surface area contributed by atoms with Crippen molar-refractivity contribution in [2.45, 2.75) is 6.10 Å². The molecule has 4 rings (SSSR count). The van der Waals surface area contributed by atoms with Crippen LogP contribution in [0.2, 0.25) is 5.02 Å². The topological polar surface area (TPSA) is 73.2 Å². The molecule has 3 N–H and O–H groups in total. The Morgan fingerprint density at radius 3 is 2.90 bits per heavy atom. The van der Waals surface area contributed by atoms with Crippen LogP contribution in [-0.2, 0) is 0 Å². The first-order valence-electron chi connectivity index (χ1n) is 6.54. The number of nitrogens with one attached hydrogen (secondary N) is 1. The van der Waals surface area contributed by atoms with Crippen molar-refractivity contribution in [3.05, 3.63) is 47.2 Å². The summed E-state index contributed by atoms with van der Waals surface area (Å²) in [6, 6.07) is 11.0. The maximum atomic E-state index is 6.00. The fourth-order valence-electron chi connectivity index (χ4n) is 2.43. The molecule has 2 heterocycles. The second kappa shape index (κ2) is 4.56. The van der Waals surface area contributed by atoms with Crippen LogP contribution in [0, 0.1) is 0 Å². The monoisotopic (exact) mass is 301 g/mol. The number of nitrogen functional groups attached to an aromatic ring is 1. The van der Waals surface area contributed by atoms with E-state index in [1.807, 2.05) is 24.3 Å². The van der Waals surface area contributed by atoms with E-state index in [2.05, 4.69) is 9.97 Å². The van der Waals surface area contributed by atoms with E-state index in [4.69, 9.17) is 26.8 Å². The molecule has 1 aliphatic heterocycles. The lowest BCUT2D eigenvalue weighted by atomic mass is 10.2. The molecule has 0 bridgehead atoms. The molecule has 5 nitrogen and oxygen atoms in total. The third-order valence-electron chi connectivity index (χ3n) is 3.41. The van der Waals surface area contributed by atoms with Crippen molar-refractivity contribution in [3.63, 3.8) is 0 Å². The molecule has 3 aromatic rings. The van der Waals surface area contributed by atoms with Gasteiger partial charge in [-0.25, -0.2) is 4.98 Å². The zero-order chi connectivity index (χ0) is 14.4.